The number of hydrogen-bond acceptors (Lipinski definition) is 8. The zero-order valence-corrected chi connectivity index (χ0v) is 35.7. The van der Waals surface area contributed by atoms with Crippen LogP contribution in [0.15, 0.2) is 42.6 Å². The number of likely N-dealkylation sites (tertiary alicyclic amines) is 2. The standard InChI is InChI=1S/C46H58N6O6S/c1-5-49-26-36-23-35(49)27-50(36)46(54)40-24-47-52(34-15-17-58-18-16-34)44(40)33-21-32-22-37(57-4)12-14-38(32)45-43(31-9-7-6-8-10-31)39-13-11-30(19-41(39)51(45)25-33)20-42(53)48-59(55,56)28-29(2)3/h11-14,19,21-22,24,29,31,34-36H,5-10,15-18,20,23,25-28H2,1-4H3,(H,48,53)/t35-,36-/m0/s1. The maximum Gasteiger partial charge on any atom is 0.258 e. The van der Waals surface area contributed by atoms with Gasteiger partial charge in [-0.05, 0) is 103 Å². The van der Waals surface area contributed by atoms with Crippen molar-refractivity contribution in [2.75, 3.05) is 45.7 Å². The van der Waals surface area contributed by atoms with Crippen LogP contribution in [0.4, 0.5) is 0 Å². The number of benzene rings is 2. The summed E-state index contributed by atoms with van der Waals surface area (Å²) in [5.74, 6) is 0.392. The average Bonchev–Trinajstić information content (AvgIpc) is 4.00. The molecule has 4 aromatic rings. The van der Waals surface area contributed by atoms with Crippen LogP contribution in [0.5, 0.6) is 5.75 Å². The second-order valence-corrected chi connectivity index (χ2v) is 19.6. The fourth-order valence-electron chi connectivity index (χ4n) is 10.8. The third-order valence-corrected chi connectivity index (χ3v) is 15.1. The van der Waals surface area contributed by atoms with Crippen molar-refractivity contribution >= 4 is 44.4 Å². The molecular weight excluding hydrogens is 765 g/mol. The van der Waals surface area contributed by atoms with E-state index < -0.39 is 15.9 Å². The summed E-state index contributed by atoms with van der Waals surface area (Å²) < 4.78 is 43.9. The first-order valence-electron chi connectivity index (χ1n) is 21.8. The smallest absolute Gasteiger partial charge is 0.258 e. The number of allylic oxidation sites excluding steroid dienone is 1. The van der Waals surface area contributed by atoms with Crippen molar-refractivity contribution < 1.29 is 27.5 Å². The highest BCUT2D eigenvalue weighted by atomic mass is 32.2. The molecule has 314 valence electrons. The average molecular weight is 823 g/mol. The van der Waals surface area contributed by atoms with Gasteiger partial charge in [-0.1, -0.05) is 52.2 Å². The van der Waals surface area contributed by atoms with Gasteiger partial charge in [0.15, 0.2) is 0 Å². The van der Waals surface area contributed by atoms with Gasteiger partial charge >= 0.3 is 0 Å². The monoisotopic (exact) mass is 822 g/mol. The minimum atomic E-state index is -3.75. The van der Waals surface area contributed by atoms with Crippen LogP contribution in [0.3, 0.4) is 0 Å². The number of aromatic nitrogens is 3. The van der Waals surface area contributed by atoms with E-state index in [-0.39, 0.29) is 36.1 Å². The molecule has 4 aliphatic heterocycles. The normalized spacial score (nSPS) is 21.4. The largest absolute Gasteiger partial charge is 0.497 e. The molecule has 1 saturated carbocycles. The number of likely N-dealkylation sites (N-methyl/N-ethyl adjacent to an activating group) is 1. The Kier molecular flexibility index (Phi) is 11.0. The molecule has 2 aromatic heterocycles. The molecule has 0 unspecified atom stereocenters. The topological polar surface area (TPSA) is 128 Å². The van der Waals surface area contributed by atoms with Gasteiger partial charge in [0.1, 0.15) is 5.75 Å². The third-order valence-electron chi connectivity index (χ3n) is 13.4. The zero-order valence-electron chi connectivity index (χ0n) is 34.9. The Morgan fingerprint density at radius 1 is 0.966 bits per heavy atom. The number of fused-ring (bicyclic) bond motifs is 7. The van der Waals surface area contributed by atoms with Crippen LogP contribution in [0.25, 0.3) is 33.8 Å². The number of ether oxygens (including phenoxy) is 2. The number of carbonyl (C=O) groups excluding carboxylic acids is 2. The first kappa shape index (κ1) is 40.0. The van der Waals surface area contributed by atoms with Gasteiger partial charge in [0.05, 0.1) is 55.0 Å². The van der Waals surface area contributed by atoms with Crippen molar-refractivity contribution in [3.05, 3.63) is 70.5 Å². The van der Waals surface area contributed by atoms with Crippen molar-refractivity contribution in [1.29, 1.82) is 0 Å². The van der Waals surface area contributed by atoms with Gasteiger partial charge < -0.3 is 18.9 Å². The summed E-state index contributed by atoms with van der Waals surface area (Å²) in [6.07, 6.45) is 12.4. The molecule has 2 aromatic carbocycles. The fourth-order valence-corrected chi connectivity index (χ4v) is 12.2. The van der Waals surface area contributed by atoms with E-state index in [1.165, 1.54) is 24.8 Å². The molecule has 1 aliphatic carbocycles. The van der Waals surface area contributed by atoms with Crippen LogP contribution in [0.2, 0.25) is 0 Å². The van der Waals surface area contributed by atoms with Crippen LogP contribution < -0.4 is 9.46 Å². The molecule has 2 bridgehead atoms. The van der Waals surface area contributed by atoms with E-state index >= 15 is 0 Å². The van der Waals surface area contributed by atoms with E-state index in [2.05, 4.69) is 61.0 Å². The van der Waals surface area contributed by atoms with Crippen LogP contribution in [-0.4, -0.2) is 102 Å². The summed E-state index contributed by atoms with van der Waals surface area (Å²) in [5, 5.41) is 6.19. The summed E-state index contributed by atoms with van der Waals surface area (Å²) in [5.41, 5.74) is 8.79. The lowest BCUT2D eigenvalue weighted by Gasteiger charge is -2.33. The number of rotatable bonds is 11. The number of nitrogens with zero attached hydrogens (tertiary/aromatic N) is 5. The minimum absolute atomic E-state index is 0.0405. The van der Waals surface area contributed by atoms with Crippen molar-refractivity contribution in [3.8, 4) is 17.0 Å². The van der Waals surface area contributed by atoms with Crippen LogP contribution in [-0.2, 0) is 32.5 Å². The van der Waals surface area contributed by atoms with Gasteiger partial charge in [0, 0.05) is 54.9 Å². The van der Waals surface area contributed by atoms with Crippen LogP contribution in [0, 0.1) is 5.92 Å². The zero-order chi connectivity index (χ0) is 41.0. The Labute approximate surface area is 347 Å². The number of piperazine rings is 1. The molecule has 0 radical (unpaired) electrons. The van der Waals surface area contributed by atoms with Crippen LogP contribution >= 0.6 is 0 Å². The maximum absolute atomic E-state index is 14.9. The predicted molar refractivity (Wildman–Crippen MR) is 230 cm³/mol. The van der Waals surface area contributed by atoms with Crippen molar-refractivity contribution in [1.82, 2.24) is 28.9 Å². The molecule has 59 heavy (non-hydrogen) atoms. The summed E-state index contributed by atoms with van der Waals surface area (Å²) in [6.45, 7) is 10.2. The molecule has 9 rings (SSSR count). The van der Waals surface area contributed by atoms with Crippen molar-refractivity contribution in [2.45, 2.75) is 109 Å². The minimum Gasteiger partial charge on any atom is -0.497 e. The highest BCUT2D eigenvalue weighted by Gasteiger charge is 2.46. The van der Waals surface area contributed by atoms with E-state index in [0.717, 1.165) is 102 Å². The van der Waals surface area contributed by atoms with Gasteiger partial charge in [-0.3, -0.25) is 23.9 Å². The van der Waals surface area contributed by atoms with E-state index in [9.17, 15) is 18.0 Å². The first-order valence-corrected chi connectivity index (χ1v) is 23.4. The Bertz CT molecular complexity index is 2400. The van der Waals surface area contributed by atoms with E-state index in [0.29, 0.717) is 37.3 Å². The number of methoxy groups -OCH3 is 1. The molecule has 1 N–H and O–H groups in total. The summed E-state index contributed by atoms with van der Waals surface area (Å²) in [4.78, 5) is 32.8. The van der Waals surface area contributed by atoms with E-state index in [4.69, 9.17) is 14.6 Å². The molecule has 3 saturated heterocycles. The summed E-state index contributed by atoms with van der Waals surface area (Å²) in [7, 11) is -2.06. The Balaban J connectivity index is 1.20. The lowest BCUT2D eigenvalue weighted by molar-refractivity contribution is -0.118. The van der Waals surface area contributed by atoms with E-state index in [1.54, 1.807) is 13.3 Å². The number of sulfonamides is 1. The molecule has 2 atom stereocenters. The molecular formula is C46H58N6O6S. The second-order valence-electron chi connectivity index (χ2n) is 17.8. The predicted octanol–water partition coefficient (Wildman–Crippen LogP) is 7.03. The molecule has 0 spiro atoms. The Morgan fingerprint density at radius 2 is 1.76 bits per heavy atom. The number of carbonyl (C=O) groups is 2. The fraction of sp³-hybridized carbons (Fsp3) is 0.543. The summed E-state index contributed by atoms with van der Waals surface area (Å²) in [6, 6.07) is 13.2. The third kappa shape index (κ3) is 7.63. The molecule has 13 heteroatoms. The van der Waals surface area contributed by atoms with Gasteiger partial charge in [-0.25, -0.2) is 8.42 Å². The number of hydrogen-bond donors (Lipinski definition) is 1. The SMILES string of the molecule is CCN1C[C@@H]2C[C@H]1CN2C(=O)c1cnn(C2CCOCC2)c1C1=Cc2cc(OC)ccc2-c2c(C3CCCCC3)c3ccc(CC(=O)NS(=O)(=O)CC(C)C)cc3n2C1. The Morgan fingerprint density at radius 3 is 2.47 bits per heavy atom. The quantitative estimate of drug-likeness (QED) is 0.171. The molecule has 6 heterocycles. The lowest BCUT2D eigenvalue weighted by atomic mass is 9.81. The van der Waals surface area contributed by atoms with Gasteiger partial charge in [0.2, 0.25) is 15.9 Å². The lowest BCUT2D eigenvalue weighted by Crippen LogP contribution is -2.48. The molecule has 2 amide bonds. The highest BCUT2D eigenvalue weighted by molar-refractivity contribution is 7.90. The van der Waals surface area contributed by atoms with Crippen molar-refractivity contribution in [2.24, 2.45) is 5.92 Å². The number of amides is 2. The second kappa shape index (κ2) is 16.2. The van der Waals surface area contributed by atoms with Crippen LogP contribution in [0.1, 0.15) is 117 Å². The van der Waals surface area contributed by atoms with E-state index in [1.807, 2.05) is 26.0 Å². The van der Waals surface area contributed by atoms with Gasteiger partial charge in [-0.2, -0.15) is 5.10 Å². The van der Waals surface area contributed by atoms with Gasteiger partial charge in [-0.15, -0.1) is 0 Å². The molecule has 5 aliphatic rings. The number of nitrogens with one attached hydrogen (secondary N) is 1. The molecule has 4 fully saturated rings. The van der Waals surface area contributed by atoms with Gasteiger partial charge in [0.25, 0.3) is 5.91 Å². The van der Waals surface area contributed by atoms with Crippen molar-refractivity contribution in [3.63, 3.8) is 0 Å². The maximum atomic E-state index is 14.9. The first-order chi connectivity index (χ1) is 28.5. The molecule has 12 nitrogen and oxygen atoms in total. The Hall–Kier alpha value is -4.46. The highest BCUT2D eigenvalue weighted by Crippen LogP contribution is 2.48. The summed E-state index contributed by atoms with van der Waals surface area (Å²) >= 11 is 0.